The summed E-state index contributed by atoms with van der Waals surface area (Å²) in [5, 5.41) is 2.14. The Morgan fingerprint density at radius 3 is 2.76 bits per heavy atom. The van der Waals surface area contributed by atoms with E-state index < -0.39 is 42.2 Å². The van der Waals surface area contributed by atoms with Gasteiger partial charge in [-0.05, 0) is 25.0 Å². The summed E-state index contributed by atoms with van der Waals surface area (Å²) in [4.78, 5) is 61.7. The topological polar surface area (TPSA) is 119 Å². The van der Waals surface area contributed by atoms with Crippen LogP contribution in [0.25, 0.3) is 0 Å². The molecule has 9 nitrogen and oxygen atoms in total. The summed E-state index contributed by atoms with van der Waals surface area (Å²) in [5.41, 5.74) is 0.0801. The smallest absolute Gasteiger partial charge is 0.356 e. The molecule has 0 radical (unpaired) electrons. The third kappa shape index (κ3) is 4.42. The van der Waals surface area contributed by atoms with Gasteiger partial charge in [-0.25, -0.2) is 4.79 Å². The lowest BCUT2D eigenvalue weighted by molar-refractivity contribution is -0.136. The predicted octanol–water partition coefficient (Wildman–Crippen LogP) is 1.46. The van der Waals surface area contributed by atoms with Gasteiger partial charge in [0.2, 0.25) is 11.8 Å². The molecule has 29 heavy (non-hydrogen) atoms. The molecule has 1 N–H and O–H groups in total. The molecule has 1 unspecified atom stereocenters. The van der Waals surface area contributed by atoms with Gasteiger partial charge in [-0.3, -0.25) is 29.4 Å². The molecular formula is C19H20N2O7S. The maximum absolute atomic E-state index is 12.9. The number of ether oxygens (including phenoxy) is 1. The van der Waals surface area contributed by atoms with E-state index in [1.807, 2.05) is 6.92 Å². The highest BCUT2D eigenvalue weighted by molar-refractivity contribution is 7.95. The molecule has 4 amide bonds. The van der Waals surface area contributed by atoms with Crippen LogP contribution >= 0.6 is 12.0 Å². The second kappa shape index (κ2) is 9.08. The third-order valence-electron chi connectivity index (χ3n) is 4.51. The van der Waals surface area contributed by atoms with Crippen molar-refractivity contribution in [1.29, 1.82) is 0 Å². The predicted molar refractivity (Wildman–Crippen MR) is 102 cm³/mol. The number of hydrogen-bond donors (Lipinski definition) is 1. The first-order chi connectivity index (χ1) is 13.9. The molecule has 2 aliphatic heterocycles. The number of imide groups is 2. The van der Waals surface area contributed by atoms with Gasteiger partial charge in [-0.1, -0.05) is 19.4 Å². The van der Waals surface area contributed by atoms with Crippen molar-refractivity contribution < 1.29 is 32.9 Å². The van der Waals surface area contributed by atoms with E-state index in [-0.39, 0.29) is 29.7 Å². The number of benzene rings is 1. The lowest BCUT2D eigenvalue weighted by Crippen LogP contribution is -2.54. The molecule has 0 saturated carbocycles. The second-order valence-corrected chi connectivity index (χ2v) is 7.36. The average Bonchev–Trinajstić information content (AvgIpc) is 2.95. The van der Waals surface area contributed by atoms with Crippen molar-refractivity contribution in [1.82, 2.24) is 10.2 Å². The van der Waals surface area contributed by atoms with E-state index in [2.05, 4.69) is 5.32 Å². The van der Waals surface area contributed by atoms with Crippen LogP contribution in [0.4, 0.5) is 0 Å². The van der Waals surface area contributed by atoms with Gasteiger partial charge in [0.1, 0.15) is 11.8 Å². The highest BCUT2D eigenvalue weighted by atomic mass is 32.2. The normalized spacial score (nSPS) is 18.5. The first kappa shape index (κ1) is 20.8. The lowest BCUT2D eigenvalue weighted by Gasteiger charge is -2.27. The van der Waals surface area contributed by atoms with Crippen LogP contribution in [-0.4, -0.2) is 52.9 Å². The molecule has 1 atom stereocenters. The molecule has 2 aliphatic rings. The van der Waals surface area contributed by atoms with Crippen LogP contribution in [0.1, 0.15) is 53.3 Å². The van der Waals surface area contributed by atoms with Gasteiger partial charge in [0.05, 0.1) is 23.2 Å². The Bertz CT molecular complexity index is 870. The molecule has 1 saturated heterocycles. The van der Waals surface area contributed by atoms with Crippen molar-refractivity contribution in [3.8, 4) is 5.75 Å². The summed E-state index contributed by atoms with van der Waals surface area (Å²) in [5.74, 6) is -2.33. The zero-order valence-electron chi connectivity index (χ0n) is 15.8. The minimum atomic E-state index is -1.06. The SMILES string of the molecule is CCCCSOC(=O)COc1cccc2c1C(=O)N(C1CCC(=O)NC1=O)C2=O. The number of fused-ring (bicyclic) bond motifs is 1. The minimum absolute atomic E-state index is 0.00589. The van der Waals surface area contributed by atoms with E-state index in [9.17, 15) is 24.0 Å². The molecule has 2 heterocycles. The van der Waals surface area contributed by atoms with E-state index in [1.54, 1.807) is 0 Å². The zero-order chi connectivity index (χ0) is 21.0. The fraction of sp³-hybridized carbons (Fsp3) is 0.421. The second-order valence-electron chi connectivity index (χ2n) is 6.55. The monoisotopic (exact) mass is 420 g/mol. The number of rotatable bonds is 8. The first-order valence-electron chi connectivity index (χ1n) is 9.23. The first-order valence-corrected chi connectivity index (χ1v) is 10.1. The largest absolute Gasteiger partial charge is 0.481 e. The van der Waals surface area contributed by atoms with Crippen LogP contribution in [0.2, 0.25) is 0 Å². The molecular weight excluding hydrogens is 400 g/mol. The Labute approximate surface area is 171 Å². The van der Waals surface area contributed by atoms with Gasteiger partial charge in [-0.15, -0.1) is 0 Å². The van der Waals surface area contributed by atoms with Crippen molar-refractivity contribution in [3.63, 3.8) is 0 Å². The molecule has 0 bridgehead atoms. The van der Waals surface area contributed by atoms with Crippen molar-refractivity contribution in [2.45, 2.75) is 38.6 Å². The summed E-state index contributed by atoms with van der Waals surface area (Å²) in [6.45, 7) is 1.60. The summed E-state index contributed by atoms with van der Waals surface area (Å²) in [6.07, 6.45) is 2.00. The van der Waals surface area contributed by atoms with E-state index in [1.165, 1.54) is 18.2 Å². The summed E-state index contributed by atoms with van der Waals surface area (Å²) in [6, 6.07) is 3.38. The van der Waals surface area contributed by atoms with E-state index in [0.717, 1.165) is 29.8 Å². The molecule has 0 aliphatic carbocycles. The van der Waals surface area contributed by atoms with Crippen LogP contribution < -0.4 is 10.1 Å². The van der Waals surface area contributed by atoms with Crippen molar-refractivity contribution >= 4 is 41.6 Å². The number of carbonyl (C=O) groups is 5. The van der Waals surface area contributed by atoms with Crippen LogP contribution in [0.15, 0.2) is 18.2 Å². The van der Waals surface area contributed by atoms with E-state index >= 15 is 0 Å². The summed E-state index contributed by atoms with van der Waals surface area (Å²) < 4.78 is 10.4. The third-order valence-corrected chi connectivity index (χ3v) is 5.27. The lowest BCUT2D eigenvalue weighted by atomic mass is 10.0. The Balaban J connectivity index is 1.71. The number of unbranched alkanes of at least 4 members (excludes halogenated alkanes) is 1. The van der Waals surface area contributed by atoms with Crippen molar-refractivity contribution in [3.05, 3.63) is 29.3 Å². The number of amides is 4. The maximum atomic E-state index is 12.9. The molecule has 3 rings (SSSR count). The Kier molecular flexibility index (Phi) is 6.53. The van der Waals surface area contributed by atoms with Gasteiger partial charge in [0.15, 0.2) is 6.61 Å². The standard InChI is InChI=1S/C19H20N2O7S/c1-2-3-9-29-28-15(23)10-27-13-6-4-5-11-16(13)19(26)21(18(11)25)12-7-8-14(22)20-17(12)24/h4-6,12H,2-3,7-10H2,1H3,(H,20,22,24). The van der Waals surface area contributed by atoms with E-state index in [4.69, 9.17) is 8.92 Å². The average molecular weight is 420 g/mol. The van der Waals surface area contributed by atoms with Crippen LogP contribution in [0, 0.1) is 0 Å². The van der Waals surface area contributed by atoms with E-state index in [0.29, 0.717) is 5.75 Å². The number of carbonyl (C=O) groups excluding carboxylic acids is 5. The van der Waals surface area contributed by atoms with Gasteiger partial charge < -0.3 is 8.92 Å². The Hall–Kier alpha value is -2.88. The van der Waals surface area contributed by atoms with Crippen LogP contribution in [-0.2, 0) is 18.6 Å². The fourth-order valence-corrected chi connectivity index (χ4v) is 3.75. The van der Waals surface area contributed by atoms with Crippen LogP contribution in [0.3, 0.4) is 0 Å². The summed E-state index contributed by atoms with van der Waals surface area (Å²) >= 11 is 1.04. The number of hydrogen-bond acceptors (Lipinski definition) is 8. The van der Waals surface area contributed by atoms with Gasteiger partial charge in [0.25, 0.3) is 11.8 Å². The van der Waals surface area contributed by atoms with Crippen LogP contribution in [0.5, 0.6) is 5.75 Å². The number of nitrogens with one attached hydrogen (secondary N) is 1. The van der Waals surface area contributed by atoms with Crippen molar-refractivity contribution in [2.24, 2.45) is 0 Å². The van der Waals surface area contributed by atoms with Gasteiger partial charge >= 0.3 is 5.97 Å². The highest BCUT2D eigenvalue weighted by Gasteiger charge is 2.46. The number of nitrogens with zero attached hydrogens (tertiary/aromatic N) is 1. The van der Waals surface area contributed by atoms with Crippen molar-refractivity contribution in [2.75, 3.05) is 12.4 Å². The number of piperidine rings is 1. The van der Waals surface area contributed by atoms with Gasteiger partial charge in [0, 0.05) is 12.2 Å². The van der Waals surface area contributed by atoms with Gasteiger partial charge in [-0.2, -0.15) is 0 Å². The molecule has 10 heteroatoms. The fourth-order valence-electron chi connectivity index (χ4n) is 3.08. The zero-order valence-corrected chi connectivity index (χ0v) is 16.6. The quantitative estimate of drug-likeness (QED) is 0.381. The molecule has 0 aromatic heterocycles. The Morgan fingerprint density at radius 1 is 1.24 bits per heavy atom. The Morgan fingerprint density at radius 2 is 2.03 bits per heavy atom. The molecule has 1 aromatic rings. The molecule has 1 fully saturated rings. The highest BCUT2D eigenvalue weighted by Crippen LogP contribution is 2.33. The summed E-state index contributed by atoms with van der Waals surface area (Å²) in [7, 11) is 0. The molecule has 0 spiro atoms. The molecule has 1 aromatic carbocycles. The maximum Gasteiger partial charge on any atom is 0.356 e. The molecule has 154 valence electrons. The minimum Gasteiger partial charge on any atom is -0.481 e.